The second-order valence-electron chi connectivity index (χ2n) is 4.43. The van der Waals surface area contributed by atoms with Gasteiger partial charge in [-0.25, -0.2) is 4.79 Å². The molecule has 0 fully saturated rings. The highest BCUT2D eigenvalue weighted by Crippen LogP contribution is 2.51. The summed E-state index contributed by atoms with van der Waals surface area (Å²) in [6, 6.07) is 8.85. The van der Waals surface area contributed by atoms with Gasteiger partial charge in [0.15, 0.2) is 0 Å². The van der Waals surface area contributed by atoms with Crippen LogP contribution < -0.4 is 0 Å². The zero-order chi connectivity index (χ0) is 18.0. The van der Waals surface area contributed by atoms with Gasteiger partial charge in [0.25, 0.3) is 0 Å². The lowest BCUT2D eigenvalue weighted by molar-refractivity contribution is -0.143. The molecule has 0 spiro atoms. The zero-order valence-electron chi connectivity index (χ0n) is 12.7. The molecule has 1 rings (SSSR count). The van der Waals surface area contributed by atoms with Gasteiger partial charge in [-0.3, -0.25) is 14.3 Å². The van der Waals surface area contributed by atoms with E-state index in [0.29, 0.717) is 0 Å². The summed E-state index contributed by atoms with van der Waals surface area (Å²) < 4.78 is 30.1. The van der Waals surface area contributed by atoms with Crippen LogP contribution in [0.3, 0.4) is 0 Å². The molecular weight excluding hydrogens is 384 g/mol. The second-order valence-corrected chi connectivity index (χ2v) is 7.04. The van der Waals surface area contributed by atoms with Gasteiger partial charge in [-0.1, -0.05) is 30.3 Å². The van der Waals surface area contributed by atoms with Crippen LogP contribution >= 0.6 is 31.3 Å². The van der Waals surface area contributed by atoms with E-state index >= 15 is 0 Å². The van der Waals surface area contributed by atoms with E-state index in [-0.39, 0.29) is 13.2 Å². The fourth-order valence-electron chi connectivity index (χ4n) is 1.61. The number of carbonyl (C=O) groups is 2. The maximum atomic E-state index is 12.1. The van der Waals surface area contributed by atoms with Crippen molar-refractivity contribution in [3.05, 3.63) is 35.9 Å². The Bertz CT molecular complexity index is 579. The van der Waals surface area contributed by atoms with Gasteiger partial charge in [0.05, 0.1) is 30.3 Å². The highest BCUT2D eigenvalue weighted by molar-refractivity contribution is 7.55. The average molecular weight is 400 g/mol. The molecule has 0 saturated carbocycles. The van der Waals surface area contributed by atoms with E-state index in [4.69, 9.17) is 33.2 Å². The second kappa shape index (κ2) is 10.5. The molecule has 0 saturated heterocycles. The van der Waals surface area contributed by atoms with E-state index < -0.39 is 32.5 Å². The summed E-state index contributed by atoms with van der Waals surface area (Å²) in [5.74, 6) is -0.732. The Morgan fingerprint density at radius 3 is 2.29 bits per heavy atom. The van der Waals surface area contributed by atoms with Crippen LogP contribution in [0.5, 0.6) is 0 Å². The Labute approximate surface area is 149 Å². The van der Waals surface area contributed by atoms with Gasteiger partial charge in [0.1, 0.15) is 19.4 Å². The number of carbonyl (C=O) groups excluding carboxylic acids is 2. The Hall–Kier alpha value is -1.31. The zero-order valence-corrected chi connectivity index (χ0v) is 15.1. The predicted molar refractivity (Wildman–Crippen MR) is 86.3 cm³/mol. The first-order valence-electron chi connectivity index (χ1n) is 6.75. The van der Waals surface area contributed by atoms with Crippen LogP contribution in [-0.2, 0) is 33.6 Å². The molecule has 0 aliphatic carbocycles. The first-order valence-corrected chi connectivity index (χ1v) is 9.09. The Kier molecular flexibility index (Phi) is 9.10. The van der Waals surface area contributed by atoms with Gasteiger partial charge in [-0.15, -0.1) is 0 Å². The van der Waals surface area contributed by atoms with Crippen LogP contribution in [0.1, 0.15) is 12.5 Å². The quantitative estimate of drug-likeness (QED) is 0.461. The summed E-state index contributed by atoms with van der Waals surface area (Å²) in [6.45, 7) is 1.13. The minimum atomic E-state index is -4.01. The van der Waals surface area contributed by atoms with E-state index in [2.05, 4.69) is 8.15 Å². The molecule has 0 N–H and O–H groups in total. The first kappa shape index (κ1) is 20.7. The topological polar surface area (TPSA) is 91.4 Å². The fraction of sp³-hybridized carbons (Fsp3) is 0.385. The van der Waals surface area contributed by atoms with Crippen molar-refractivity contribution < 1.29 is 31.8 Å². The van der Waals surface area contributed by atoms with Gasteiger partial charge in [0.2, 0.25) is 0 Å². The number of hydrogen-bond acceptors (Lipinski definition) is 7. The average Bonchev–Trinajstić information content (AvgIpc) is 2.60. The fourth-order valence-corrected chi connectivity index (χ4v) is 2.87. The molecule has 8 nitrogen and oxygen atoms in total. The number of rotatable bonds is 9. The van der Waals surface area contributed by atoms with Crippen molar-refractivity contribution in [2.24, 2.45) is 0 Å². The monoisotopic (exact) mass is 399 g/mol. The number of halogens is 2. The van der Waals surface area contributed by atoms with Crippen molar-refractivity contribution in [1.29, 1.82) is 0 Å². The van der Waals surface area contributed by atoms with Gasteiger partial charge in [-0.05, 0) is 12.5 Å². The van der Waals surface area contributed by atoms with Crippen LogP contribution in [0.25, 0.3) is 0 Å². The highest BCUT2D eigenvalue weighted by Gasteiger charge is 2.33. The molecule has 1 aromatic rings. The van der Waals surface area contributed by atoms with Crippen LogP contribution in [0.4, 0.5) is 4.79 Å². The first-order chi connectivity index (χ1) is 11.4. The maximum absolute atomic E-state index is 12.1. The van der Waals surface area contributed by atoms with Gasteiger partial charge < -0.3 is 9.47 Å². The van der Waals surface area contributed by atoms with Crippen molar-refractivity contribution in [2.45, 2.75) is 13.5 Å². The van der Waals surface area contributed by atoms with Crippen LogP contribution in [0.2, 0.25) is 0 Å². The van der Waals surface area contributed by atoms with Crippen LogP contribution in [0.15, 0.2) is 30.3 Å². The molecule has 0 aliphatic rings. The summed E-state index contributed by atoms with van der Waals surface area (Å²) in [5, 5.41) is 0. The Morgan fingerprint density at radius 2 is 1.75 bits per heavy atom. The minimum absolute atomic E-state index is 0.0488. The number of benzene rings is 1. The highest BCUT2D eigenvalue weighted by atomic mass is 35.5. The van der Waals surface area contributed by atoms with E-state index in [9.17, 15) is 14.2 Å². The normalized spacial score (nSPS) is 11.0. The van der Waals surface area contributed by atoms with Crippen molar-refractivity contribution in [3.8, 4) is 0 Å². The number of amides is 1. The smallest absolute Gasteiger partial charge is 0.411 e. The third-order valence-electron chi connectivity index (χ3n) is 2.64. The lowest BCUT2D eigenvalue weighted by Gasteiger charge is -2.22. The molecule has 11 heteroatoms. The molecule has 24 heavy (non-hydrogen) atoms. The van der Waals surface area contributed by atoms with Crippen molar-refractivity contribution >= 4 is 43.4 Å². The third kappa shape index (κ3) is 7.07. The van der Waals surface area contributed by atoms with Gasteiger partial charge >= 0.3 is 19.7 Å². The van der Waals surface area contributed by atoms with Gasteiger partial charge in [0, 0.05) is 0 Å². The van der Waals surface area contributed by atoms with E-state index in [1.54, 1.807) is 31.2 Å². The molecule has 0 atom stereocenters. The largest absolute Gasteiger partial charge is 0.465 e. The number of nitrogens with zero attached hydrogens (tertiary/aromatic N) is 1. The maximum Gasteiger partial charge on any atom is 0.411 e. The van der Waals surface area contributed by atoms with E-state index in [1.165, 1.54) is 0 Å². The standard InChI is InChI=1S/C13H16Cl2NO7P/c1-2-20-12(17)8-16(10-24(19,22-14)23-15)13(18)21-9-11-6-4-3-5-7-11/h3-7H,2,8-10H2,1H3. The number of ether oxygens (including phenoxy) is 2. The molecular formula is C13H16Cl2NO7P. The van der Waals surface area contributed by atoms with Crippen molar-refractivity contribution in [3.63, 3.8) is 0 Å². The lowest BCUT2D eigenvalue weighted by Crippen LogP contribution is -2.37. The molecule has 0 heterocycles. The summed E-state index contributed by atoms with van der Waals surface area (Å²) in [7, 11) is -4.01. The Balaban J connectivity index is 2.76. The molecule has 0 aromatic heterocycles. The molecule has 1 aromatic carbocycles. The predicted octanol–water partition coefficient (Wildman–Crippen LogP) is 3.68. The van der Waals surface area contributed by atoms with Crippen LogP contribution in [0, 0.1) is 0 Å². The van der Waals surface area contributed by atoms with Crippen molar-refractivity contribution in [1.82, 2.24) is 4.90 Å². The summed E-state index contributed by atoms with van der Waals surface area (Å²) in [6.07, 6.45) is -1.62. The molecule has 0 unspecified atom stereocenters. The Morgan fingerprint density at radius 1 is 1.12 bits per heavy atom. The molecule has 0 radical (unpaired) electrons. The van der Waals surface area contributed by atoms with E-state index in [0.717, 1.165) is 10.5 Å². The number of esters is 1. The molecule has 0 bridgehead atoms. The molecule has 1 amide bonds. The van der Waals surface area contributed by atoms with Crippen LogP contribution in [-0.4, -0.2) is 36.4 Å². The SMILES string of the molecule is CCOC(=O)CN(CP(=O)(OCl)OCl)C(=O)OCc1ccccc1. The lowest BCUT2D eigenvalue weighted by atomic mass is 10.2. The number of hydrogen-bond donors (Lipinski definition) is 0. The van der Waals surface area contributed by atoms with Gasteiger partial charge in [-0.2, -0.15) is 8.15 Å². The van der Waals surface area contributed by atoms with Crippen molar-refractivity contribution in [2.75, 3.05) is 19.4 Å². The van der Waals surface area contributed by atoms with E-state index in [1.807, 2.05) is 6.07 Å². The summed E-state index contributed by atoms with van der Waals surface area (Å²) >= 11 is 10.1. The summed E-state index contributed by atoms with van der Waals surface area (Å²) in [5.41, 5.74) is 0.729. The minimum Gasteiger partial charge on any atom is -0.465 e. The molecule has 0 aliphatic heterocycles. The molecule has 134 valence electrons. The third-order valence-corrected chi connectivity index (χ3v) is 5.01. The summed E-state index contributed by atoms with van der Waals surface area (Å²) in [4.78, 5) is 24.5.